The maximum atomic E-state index is 11.1. The molecule has 4 heteroatoms. The monoisotopic (exact) mass is 223 g/mol. The first-order chi connectivity index (χ1) is 8.25. The molecule has 1 heterocycles. The fourth-order valence-corrected chi connectivity index (χ4v) is 1.92. The van der Waals surface area contributed by atoms with E-state index >= 15 is 0 Å². The van der Waals surface area contributed by atoms with Gasteiger partial charge in [-0.3, -0.25) is 4.79 Å². The third-order valence-corrected chi connectivity index (χ3v) is 2.75. The van der Waals surface area contributed by atoms with E-state index in [-0.39, 0.29) is 5.69 Å². The number of primary amides is 1. The van der Waals surface area contributed by atoms with E-state index in [1.807, 2.05) is 36.4 Å². The predicted octanol–water partition coefficient (Wildman–Crippen LogP) is 1.88. The Balaban J connectivity index is 2.46. The summed E-state index contributed by atoms with van der Waals surface area (Å²) in [4.78, 5) is 11.1. The van der Waals surface area contributed by atoms with Gasteiger partial charge >= 0.3 is 0 Å². The van der Waals surface area contributed by atoms with Crippen molar-refractivity contribution in [3.8, 4) is 0 Å². The minimum atomic E-state index is -0.563. The lowest BCUT2D eigenvalue weighted by Crippen LogP contribution is -2.13. The Morgan fingerprint density at radius 2 is 1.82 bits per heavy atom. The van der Waals surface area contributed by atoms with Gasteiger partial charge in [-0.05, 0) is 22.9 Å². The van der Waals surface area contributed by atoms with Crippen molar-refractivity contribution in [3.05, 3.63) is 48.2 Å². The van der Waals surface area contributed by atoms with Gasteiger partial charge in [-0.2, -0.15) is 0 Å². The first-order valence-electron chi connectivity index (χ1n) is 5.21. The van der Waals surface area contributed by atoms with Crippen molar-refractivity contribution in [1.29, 1.82) is 0 Å². The van der Waals surface area contributed by atoms with E-state index in [0.29, 0.717) is 0 Å². The van der Waals surface area contributed by atoms with Gasteiger partial charge < -0.3 is 5.73 Å². The highest BCUT2D eigenvalue weighted by atomic mass is 16.1. The van der Waals surface area contributed by atoms with Gasteiger partial charge in [0.2, 0.25) is 0 Å². The summed E-state index contributed by atoms with van der Waals surface area (Å²) in [6.45, 7) is 0. The third kappa shape index (κ3) is 1.50. The second kappa shape index (κ2) is 3.52. The number of nitrogens with two attached hydrogens (primary N) is 1. The predicted molar refractivity (Wildman–Crippen MR) is 65.6 cm³/mol. The molecule has 0 atom stereocenters. The summed E-state index contributed by atoms with van der Waals surface area (Å²) in [5.74, 6) is -0.563. The Bertz CT molecular complexity index is 737. The maximum Gasteiger partial charge on any atom is 0.269 e. The number of amides is 1. The van der Waals surface area contributed by atoms with Gasteiger partial charge in [-0.15, -0.1) is 10.2 Å². The standard InChI is InChI=1S/C13H9N3O/c14-13(17)12-7-10-9-4-2-1-3-8(9)5-6-11(10)15-16-12/h1-7H,(H2,14,17). The lowest BCUT2D eigenvalue weighted by atomic mass is 10.1. The number of carbonyl (C=O) groups is 1. The average Bonchev–Trinajstić information content (AvgIpc) is 2.38. The van der Waals surface area contributed by atoms with Crippen LogP contribution in [0.5, 0.6) is 0 Å². The zero-order chi connectivity index (χ0) is 11.8. The molecule has 3 aromatic rings. The number of hydrogen-bond donors (Lipinski definition) is 1. The molecule has 2 aromatic carbocycles. The van der Waals surface area contributed by atoms with Gasteiger partial charge in [0.1, 0.15) is 0 Å². The minimum Gasteiger partial charge on any atom is -0.364 e. The van der Waals surface area contributed by atoms with Crippen molar-refractivity contribution >= 4 is 27.6 Å². The van der Waals surface area contributed by atoms with Gasteiger partial charge in [-0.25, -0.2) is 0 Å². The molecule has 0 aliphatic carbocycles. The Morgan fingerprint density at radius 1 is 1.00 bits per heavy atom. The highest BCUT2D eigenvalue weighted by Gasteiger charge is 2.07. The molecule has 82 valence electrons. The molecule has 0 spiro atoms. The molecule has 2 N–H and O–H groups in total. The maximum absolute atomic E-state index is 11.1. The molecular formula is C13H9N3O. The lowest BCUT2D eigenvalue weighted by Gasteiger charge is -2.03. The van der Waals surface area contributed by atoms with Gasteiger partial charge in [-0.1, -0.05) is 30.3 Å². The van der Waals surface area contributed by atoms with E-state index in [1.165, 1.54) is 0 Å². The van der Waals surface area contributed by atoms with Crippen LogP contribution in [0.4, 0.5) is 0 Å². The Morgan fingerprint density at radius 3 is 2.65 bits per heavy atom. The topological polar surface area (TPSA) is 68.9 Å². The van der Waals surface area contributed by atoms with E-state index < -0.39 is 5.91 Å². The molecule has 0 aliphatic rings. The molecule has 0 radical (unpaired) electrons. The van der Waals surface area contributed by atoms with Crippen LogP contribution in [-0.2, 0) is 0 Å². The molecular weight excluding hydrogens is 214 g/mol. The molecule has 1 aromatic heterocycles. The van der Waals surface area contributed by atoms with Crippen molar-refractivity contribution in [2.45, 2.75) is 0 Å². The fraction of sp³-hybridized carbons (Fsp3) is 0. The minimum absolute atomic E-state index is 0.189. The Hall–Kier alpha value is -2.49. The summed E-state index contributed by atoms with van der Waals surface area (Å²) >= 11 is 0. The fourth-order valence-electron chi connectivity index (χ4n) is 1.92. The van der Waals surface area contributed by atoms with Gasteiger partial charge in [0.05, 0.1) is 5.52 Å². The summed E-state index contributed by atoms with van der Waals surface area (Å²) in [6.07, 6.45) is 0. The van der Waals surface area contributed by atoms with Crippen molar-refractivity contribution in [2.75, 3.05) is 0 Å². The van der Waals surface area contributed by atoms with Crippen molar-refractivity contribution in [3.63, 3.8) is 0 Å². The molecule has 1 amide bonds. The average molecular weight is 223 g/mol. The highest BCUT2D eigenvalue weighted by Crippen LogP contribution is 2.23. The third-order valence-electron chi connectivity index (χ3n) is 2.75. The van der Waals surface area contributed by atoms with E-state index in [2.05, 4.69) is 10.2 Å². The molecule has 0 saturated heterocycles. The number of nitrogens with zero attached hydrogens (tertiary/aromatic N) is 2. The summed E-state index contributed by atoms with van der Waals surface area (Å²) in [6, 6.07) is 13.5. The van der Waals surface area contributed by atoms with Crippen LogP contribution >= 0.6 is 0 Å². The van der Waals surface area contributed by atoms with E-state index in [1.54, 1.807) is 6.07 Å². The van der Waals surface area contributed by atoms with Crippen LogP contribution in [0.2, 0.25) is 0 Å². The second-order valence-corrected chi connectivity index (χ2v) is 3.81. The van der Waals surface area contributed by atoms with Crippen molar-refractivity contribution in [2.24, 2.45) is 5.73 Å². The second-order valence-electron chi connectivity index (χ2n) is 3.81. The lowest BCUT2D eigenvalue weighted by molar-refractivity contribution is 0.0995. The number of hydrogen-bond acceptors (Lipinski definition) is 3. The van der Waals surface area contributed by atoms with Crippen LogP contribution in [0.1, 0.15) is 10.5 Å². The Kier molecular flexibility index (Phi) is 2.01. The molecule has 0 aliphatic heterocycles. The van der Waals surface area contributed by atoms with Gasteiger partial charge in [0.15, 0.2) is 5.69 Å². The number of fused-ring (bicyclic) bond motifs is 3. The molecule has 0 unspecified atom stereocenters. The molecule has 0 bridgehead atoms. The van der Waals surface area contributed by atoms with Crippen LogP contribution in [0.25, 0.3) is 21.7 Å². The molecule has 17 heavy (non-hydrogen) atoms. The summed E-state index contributed by atoms with van der Waals surface area (Å²) in [7, 11) is 0. The number of benzene rings is 2. The number of aromatic nitrogens is 2. The summed E-state index contributed by atoms with van der Waals surface area (Å²) in [5.41, 5.74) is 6.15. The quantitative estimate of drug-likeness (QED) is 0.640. The van der Waals surface area contributed by atoms with Crippen molar-refractivity contribution < 1.29 is 4.79 Å². The molecule has 3 rings (SSSR count). The SMILES string of the molecule is NC(=O)c1cc2c(ccc3ccccc32)nn1. The van der Waals surface area contributed by atoms with Crippen LogP contribution in [0.3, 0.4) is 0 Å². The van der Waals surface area contributed by atoms with Gasteiger partial charge in [0.25, 0.3) is 5.91 Å². The molecule has 4 nitrogen and oxygen atoms in total. The normalized spacial score (nSPS) is 10.8. The smallest absolute Gasteiger partial charge is 0.269 e. The highest BCUT2D eigenvalue weighted by molar-refractivity contribution is 6.07. The van der Waals surface area contributed by atoms with E-state index in [0.717, 1.165) is 21.7 Å². The first-order valence-corrected chi connectivity index (χ1v) is 5.21. The van der Waals surface area contributed by atoms with Crippen LogP contribution < -0.4 is 5.73 Å². The molecule has 0 fully saturated rings. The zero-order valence-electron chi connectivity index (χ0n) is 8.92. The van der Waals surface area contributed by atoms with Crippen LogP contribution in [0.15, 0.2) is 42.5 Å². The number of carbonyl (C=O) groups excluding carboxylic acids is 1. The summed E-state index contributed by atoms with van der Waals surface area (Å²) < 4.78 is 0. The van der Waals surface area contributed by atoms with E-state index in [4.69, 9.17) is 5.73 Å². The first kappa shape index (κ1) is 9.72. The number of rotatable bonds is 1. The Labute approximate surface area is 97.1 Å². The largest absolute Gasteiger partial charge is 0.364 e. The van der Waals surface area contributed by atoms with E-state index in [9.17, 15) is 4.79 Å². The summed E-state index contributed by atoms with van der Waals surface area (Å²) in [5, 5.41) is 10.8. The zero-order valence-corrected chi connectivity index (χ0v) is 8.92. The van der Waals surface area contributed by atoms with Crippen molar-refractivity contribution in [1.82, 2.24) is 10.2 Å². The van der Waals surface area contributed by atoms with Crippen LogP contribution in [0, 0.1) is 0 Å². The van der Waals surface area contributed by atoms with Crippen LogP contribution in [-0.4, -0.2) is 16.1 Å². The molecule has 0 saturated carbocycles. The van der Waals surface area contributed by atoms with Gasteiger partial charge in [0, 0.05) is 5.39 Å².